The molecule has 1 heterocycles. The minimum atomic E-state index is -3.88. The average Bonchev–Trinajstić information content (AvgIpc) is 2.80. The molecule has 0 aliphatic rings. The molecule has 2 rings (SSSR count). The summed E-state index contributed by atoms with van der Waals surface area (Å²) in [6.45, 7) is 3.92. The van der Waals surface area contributed by atoms with E-state index in [0.717, 1.165) is 0 Å². The Kier molecular flexibility index (Phi) is 5.51. The number of sulfonamides is 1. The van der Waals surface area contributed by atoms with Gasteiger partial charge in [-0.1, -0.05) is 25.4 Å². The number of imidazole rings is 1. The molecule has 1 aromatic heterocycles. The number of aromatic nitrogens is 2. The fraction of sp³-hybridized carbons (Fsp3) is 0.333. The third kappa shape index (κ3) is 4.48. The molecular weight excluding hydrogens is 352 g/mol. The van der Waals surface area contributed by atoms with Gasteiger partial charge >= 0.3 is 0 Å². The van der Waals surface area contributed by atoms with Crippen LogP contribution in [0.1, 0.15) is 20.3 Å². The maximum absolute atomic E-state index is 12.3. The van der Waals surface area contributed by atoms with Crippen LogP contribution in [-0.2, 0) is 21.9 Å². The number of hydrogen-bond donors (Lipinski definition) is 2. The van der Waals surface area contributed by atoms with Crippen molar-refractivity contribution in [2.45, 2.75) is 25.3 Å². The predicted molar refractivity (Wildman–Crippen MR) is 93.6 cm³/mol. The minimum Gasteiger partial charge on any atom is -0.326 e. The van der Waals surface area contributed by atoms with Crippen molar-refractivity contribution < 1.29 is 13.2 Å². The van der Waals surface area contributed by atoms with Crippen LogP contribution >= 0.6 is 11.6 Å². The molecular formula is C15H19ClN4O3S. The van der Waals surface area contributed by atoms with Crippen molar-refractivity contribution in [1.29, 1.82) is 0 Å². The molecule has 24 heavy (non-hydrogen) atoms. The summed E-state index contributed by atoms with van der Waals surface area (Å²) in [5.74, 6) is 0.179. The van der Waals surface area contributed by atoms with E-state index in [1.165, 1.54) is 10.9 Å². The van der Waals surface area contributed by atoms with E-state index in [9.17, 15) is 13.2 Å². The summed E-state index contributed by atoms with van der Waals surface area (Å²) in [7, 11) is -2.28. The van der Waals surface area contributed by atoms with E-state index in [2.05, 4.69) is 15.0 Å². The van der Waals surface area contributed by atoms with Crippen LogP contribution in [0.15, 0.2) is 35.6 Å². The van der Waals surface area contributed by atoms with Crippen molar-refractivity contribution in [3.8, 4) is 0 Å². The molecule has 0 fully saturated rings. The Balaban J connectivity index is 2.09. The summed E-state index contributed by atoms with van der Waals surface area (Å²) in [5.41, 5.74) is 0.943. The quantitative estimate of drug-likeness (QED) is 0.817. The van der Waals surface area contributed by atoms with E-state index < -0.39 is 10.0 Å². The molecule has 0 aliphatic heterocycles. The lowest BCUT2D eigenvalue weighted by Gasteiger charge is -2.09. The highest BCUT2D eigenvalue weighted by molar-refractivity contribution is 7.92. The van der Waals surface area contributed by atoms with Crippen molar-refractivity contribution in [2.24, 2.45) is 13.0 Å². The van der Waals surface area contributed by atoms with Gasteiger partial charge in [0.05, 0.1) is 6.33 Å². The number of carbonyl (C=O) groups is 1. The van der Waals surface area contributed by atoms with Crippen molar-refractivity contribution in [2.75, 3.05) is 10.0 Å². The van der Waals surface area contributed by atoms with Crippen LogP contribution in [0.25, 0.3) is 0 Å². The van der Waals surface area contributed by atoms with E-state index in [0.29, 0.717) is 17.8 Å². The molecule has 0 radical (unpaired) electrons. The summed E-state index contributed by atoms with van der Waals surface area (Å²) in [6.07, 6.45) is 1.75. The highest BCUT2D eigenvalue weighted by atomic mass is 35.5. The average molecular weight is 371 g/mol. The number of aryl methyl sites for hydroxylation is 1. The standard InChI is InChI=1S/C15H19ClN4O3S/c1-10(2)8-13(21)18-11-4-6-12(7-5-11)19-24(22,23)15-14(16)20(3)9-17-15/h4-7,9-10,19H,8H2,1-3H3,(H,18,21). The zero-order chi connectivity index (χ0) is 17.9. The van der Waals surface area contributed by atoms with Crippen LogP contribution in [0.4, 0.5) is 11.4 Å². The Hall–Kier alpha value is -2.06. The van der Waals surface area contributed by atoms with Crippen LogP contribution in [0.3, 0.4) is 0 Å². The lowest BCUT2D eigenvalue weighted by molar-refractivity contribution is -0.116. The number of amides is 1. The zero-order valence-electron chi connectivity index (χ0n) is 13.6. The van der Waals surface area contributed by atoms with Crippen molar-refractivity contribution >= 4 is 38.9 Å². The summed E-state index contributed by atoms with van der Waals surface area (Å²) < 4.78 is 28.4. The van der Waals surface area contributed by atoms with Gasteiger partial charge in [0.1, 0.15) is 5.15 Å². The molecule has 0 spiro atoms. The summed E-state index contributed by atoms with van der Waals surface area (Å²) in [5, 5.41) is 2.55. The number of nitrogens with one attached hydrogen (secondary N) is 2. The molecule has 9 heteroatoms. The van der Waals surface area contributed by atoms with Crippen LogP contribution in [-0.4, -0.2) is 23.9 Å². The van der Waals surface area contributed by atoms with E-state index in [1.54, 1.807) is 31.3 Å². The maximum atomic E-state index is 12.3. The van der Waals surface area contributed by atoms with Gasteiger partial charge in [0.15, 0.2) is 0 Å². The van der Waals surface area contributed by atoms with Crippen LogP contribution in [0.5, 0.6) is 0 Å². The Bertz CT molecular complexity index is 829. The largest absolute Gasteiger partial charge is 0.326 e. The molecule has 0 atom stereocenters. The summed E-state index contributed by atoms with van der Waals surface area (Å²) >= 11 is 5.92. The van der Waals surface area contributed by atoms with E-state index in [4.69, 9.17) is 11.6 Å². The van der Waals surface area contributed by atoms with E-state index in [-0.39, 0.29) is 22.0 Å². The number of rotatable bonds is 6. The Morgan fingerprint density at radius 2 is 1.83 bits per heavy atom. The topological polar surface area (TPSA) is 93.1 Å². The van der Waals surface area contributed by atoms with Gasteiger partial charge in [0, 0.05) is 24.8 Å². The fourth-order valence-corrected chi connectivity index (χ4v) is 3.47. The molecule has 0 bridgehead atoms. The lowest BCUT2D eigenvalue weighted by atomic mass is 10.1. The first-order chi connectivity index (χ1) is 11.2. The Morgan fingerprint density at radius 3 is 2.33 bits per heavy atom. The monoisotopic (exact) mass is 370 g/mol. The number of halogens is 1. The lowest BCUT2D eigenvalue weighted by Crippen LogP contribution is -2.15. The molecule has 0 saturated carbocycles. The van der Waals surface area contributed by atoms with Crippen LogP contribution in [0, 0.1) is 5.92 Å². The molecule has 2 aromatic rings. The van der Waals surface area contributed by atoms with Gasteiger partial charge in [-0.25, -0.2) is 4.98 Å². The molecule has 0 saturated heterocycles. The van der Waals surface area contributed by atoms with Crippen molar-refractivity contribution in [3.63, 3.8) is 0 Å². The minimum absolute atomic E-state index is 0.0278. The molecule has 7 nitrogen and oxygen atoms in total. The second-order valence-electron chi connectivity index (χ2n) is 5.78. The number of anilines is 2. The Labute approximate surface area is 146 Å². The molecule has 2 N–H and O–H groups in total. The highest BCUT2D eigenvalue weighted by Gasteiger charge is 2.22. The van der Waals surface area contributed by atoms with Crippen molar-refractivity contribution in [3.05, 3.63) is 35.7 Å². The van der Waals surface area contributed by atoms with Gasteiger partial charge < -0.3 is 9.88 Å². The zero-order valence-corrected chi connectivity index (χ0v) is 15.1. The maximum Gasteiger partial charge on any atom is 0.282 e. The number of benzene rings is 1. The second-order valence-corrected chi connectivity index (χ2v) is 7.74. The first-order valence-corrected chi connectivity index (χ1v) is 9.14. The van der Waals surface area contributed by atoms with Gasteiger partial charge in [-0.15, -0.1) is 0 Å². The molecule has 1 amide bonds. The molecule has 1 aromatic carbocycles. The molecule has 130 valence electrons. The predicted octanol–water partition coefficient (Wildman–Crippen LogP) is 2.86. The number of hydrogen-bond acceptors (Lipinski definition) is 4. The third-order valence-electron chi connectivity index (χ3n) is 3.10. The van der Waals surface area contributed by atoms with Gasteiger partial charge in [-0.2, -0.15) is 8.42 Å². The van der Waals surface area contributed by atoms with E-state index in [1.807, 2.05) is 13.8 Å². The van der Waals surface area contributed by atoms with Gasteiger partial charge in [0.25, 0.3) is 10.0 Å². The normalized spacial score (nSPS) is 11.5. The smallest absolute Gasteiger partial charge is 0.282 e. The molecule has 0 aliphatic carbocycles. The van der Waals surface area contributed by atoms with Crippen LogP contribution < -0.4 is 10.0 Å². The van der Waals surface area contributed by atoms with Crippen molar-refractivity contribution in [1.82, 2.24) is 9.55 Å². The van der Waals surface area contributed by atoms with Gasteiger partial charge in [-0.3, -0.25) is 9.52 Å². The first-order valence-electron chi connectivity index (χ1n) is 7.28. The summed E-state index contributed by atoms with van der Waals surface area (Å²) in [4.78, 5) is 15.5. The summed E-state index contributed by atoms with van der Waals surface area (Å²) in [6, 6.07) is 6.35. The number of carbonyl (C=O) groups excluding carboxylic acids is 1. The Morgan fingerprint density at radius 1 is 1.25 bits per heavy atom. The van der Waals surface area contributed by atoms with Gasteiger partial charge in [-0.05, 0) is 30.2 Å². The second kappa shape index (κ2) is 7.23. The van der Waals surface area contributed by atoms with Gasteiger partial charge in [0.2, 0.25) is 10.9 Å². The van der Waals surface area contributed by atoms with Crippen LogP contribution in [0.2, 0.25) is 5.15 Å². The van der Waals surface area contributed by atoms with E-state index >= 15 is 0 Å². The SMILES string of the molecule is CC(C)CC(=O)Nc1ccc(NS(=O)(=O)c2ncn(C)c2Cl)cc1. The third-order valence-corrected chi connectivity index (χ3v) is 4.97. The highest BCUT2D eigenvalue weighted by Crippen LogP contribution is 2.22. The number of nitrogens with zero attached hydrogens (tertiary/aromatic N) is 2. The fourth-order valence-electron chi connectivity index (χ4n) is 1.98. The first kappa shape index (κ1) is 18.3. The molecule has 0 unspecified atom stereocenters.